The summed E-state index contributed by atoms with van der Waals surface area (Å²) in [5, 5.41) is 23.2. The van der Waals surface area contributed by atoms with Crippen LogP contribution in [0.1, 0.15) is 335 Å². The molecule has 70 heavy (non-hydrogen) atoms. The van der Waals surface area contributed by atoms with Gasteiger partial charge in [-0.1, -0.05) is 294 Å². The molecule has 2 atom stereocenters. The van der Waals surface area contributed by atoms with Crippen molar-refractivity contribution in [1.82, 2.24) is 5.32 Å². The normalized spacial score (nSPS) is 12.8. The van der Waals surface area contributed by atoms with Crippen LogP contribution in [0.2, 0.25) is 0 Å². The summed E-state index contributed by atoms with van der Waals surface area (Å²) in [6.45, 7) is 4.85. The molecule has 0 heterocycles. The summed E-state index contributed by atoms with van der Waals surface area (Å²) in [6, 6.07) is -0.647. The molecule has 0 aromatic rings. The molecule has 0 fully saturated rings. The Hall–Kier alpha value is -1.92. The number of unbranched alkanes of at least 4 members (excludes halogenated alkanes) is 43. The van der Waals surface area contributed by atoms with Crippen molar-refractivity contribution in [2.45, 2.75) is 347 Å². The average molecular weight is 985 g/mol. The quantitative estimate of drug-likeness (QED) is 0.0321. The third-order valence-corrected chi connectivity index (χ3v) is 14.4. The summed E-state index contributed by atoms with van der Waals surface area (Å²) in [4.78, 5) is 24.6. The molecule has 0 aliphatic carbocycles. The lowest BCUT2D eigenvalue weighted by molar-refractivity contribution is -0.143. The number of rotatable bonds is 58. The average Bonchev–Trinajstić information content (AvgIpc) is 3.36. The molecule has 0 aromatic carbocycles. The molecule has 0 bridgehead atoms. The van der Waals surface area contributed by atoms with E-state index in [0.717, 1.165) is 64.2 Å². The fraction of sp³-hybridized carbons (Fsp3) is 0.875. The molecule has 6 heteroatoms. The lowest BCUT2D eigenvalue weighted by atomic mass is 10.0. The fourth-order valence-corrected chi connectivity index (χ4v) is 9.61. The fourth-order valence-electron chi connectivity index (χ4n) is 9.61. The van der Waals surface area contributed by atoms with Gasteiger partial charge < -0.3 is 20.3 Å². The molecule has 6 nitrogen and oxygen atoms in total. The van der Waals surface area contributed by atoms with Gasteiger partial charge in [-0.25, -0.2) is 0 Å². The largest absolute Gasteiger partial charge is 0.466 e. The molecular formula is C64H121NO5. The second-order valence-electron chi connectivity index (χ2n) is 21.4. The first kappa shape index (κ1) is 68.1. The summed E-state index contributed by atoms with van der Waals surface area (Å²) < 4.78 is 5.47. The van der Waals surface area contributed by atoms with Crippen molar-refractivity contribution in [1.29, 1.82) is 0 Å². The first-order chi connectivity index (χ1) is 34.5. The SMILES string of the molecule is CCCCCC/C=C\C/C=C\CCCCCCCCCC(=O)OCCCCCCCCCCCCC(=O)NC(CO)C(O)/C=C/CCCCCCCCCCCCCCCCCCCCCCCCC. The van der Waals surface area contributed by atoms with E-state index in [0.29, 0.717) is 19.4 Å². The molecule has 0 saturated heterocycles. The molecule has 1 amide bonds. The van der Waals surface area contributed by atoms with E-state index in [1.54, 1.807) is 6.08 Å². The minimum atomic E-state index is -0.862. The van der Waals surface area contributed by atoms with Crippen LogP contribution in [0.15, 0.2) is 36.5 Å². The molecule has 0 radical (unpaired) electrons. The Morgan fingerprint density at radius 1 is 0.400 bits per heavy atom. The highest BCUT2D eigenvalue weighted by Crippen LogP contribution is 2.17. The van der Waals surface area contributed by atoms with E-state index < -0.39 is 12.1 Å². The van der Waals surface area contributed by atoms with Crippen molar-refractivity contribution in [3.8, 4) is 0 Å². The second-order valence-corrected chi connectivity index (χ2v) is 21.4. The van der Waals surface area contributed by atoms with Gasteiger partial charge in [-0.3, -0.25) is 9.59 Å². The highest BCUT2D eigenvalue weighted by atomic mass is 16.5. The number of aliphatic hydroxyl groups is 2. The van der Waals surface area contributed by atoms with Crippen LogP contribution in [-0.2, 0) is 14.3 Å². The topological polar surface area (TPSA) is 95.9 Å². The summed E-state index contributed by atoms with van der Waals surface area (Å²) >= 11 is 0. The zero-order chi connectivity index (χ0) is 50.7. The van der Waals surface area contributed by atoms with E-state index in [1.165, 1.54) is 244 Å². The van der Waals surface area contributed by atoms with Crippen LogP contribution < -0.4 is 5.32 Å². The van der Waals surface area contributed by atoms with Crippen LogP contribution in [0.4, 0.5) is 0 Å². The smallest absolute Gasteiger partial charge is 0.305 e. The number of carbonyl (C=O) groups is 2. The Bertz CT molecular complexity index is 1130. The zero-order valence-corrected chi connectivity index (χ0v) is 47.0. The van der Waals surface area contributed by atoms with Crippen molar-refractivity contribution in [2.24, 2.45) is 0 Å². The molecule has 412 valence electrons. The van der Waals surface area contributed by atoms with Gasteiger partial charge in [0.05, 0.1) is 25.4 Å². The van der Waals surface area contributed by atoms with E-state index in [2.05, 4.69) is 43.5 Å². The number of allylic oxidation sites excluding steroid dienone is 5. The lowest BCUT2D eigenvalue weighted by Gasteiger charge is -2.20. The Morgan fingerprint density at radius 3 is 1.10 bits per heavy atom. The second kappa shape index (κ2) is 59.6. The Kier molecular flexibility index (Phi) is 58.0. The minimum absolute atomic E-state index is 0.0274. The molecule has 0 aromatic heterocycles. The van der Waals surface area contributed by atoms with Gasteiger partial charge in [-0.2, -0.15) is 0 Å². The molecule has 0 rings (SSSR count). The first-order valence-corrected chi connectivity index (χ1v) is 31.3. The van der Waals surface area contributed by atoms with E-state index >= 15 is 0 Å². The number of esters is 1. The summed E-state index contributed by atoms with van der Waals surface area (Å²) in [5.74, 6) is -0.116. The summed E-state index contributed by atoms with van der Waals surface area (Å²) in [5.41, 5.74) is 0. The number of carbonyl (C=O) groups excluding carboxylic acids is 2. The molecular weight excluding hydrogens is 863 g/mol. The predicted molar refractivity (Wildman–Crippen MR) is 306 cm³/mol. The maximum Gasteiger partial charge on any atom is 0.305 e. The maximum atomic E-state index is 12.5. The van der Waals surface area contributed by atoms with Crippen molar-refractivity contribution in [2.75, 3.05) is 13.2 Å². The molecule has 2 unspecified atom stereocenters. The van der Waals surface area contributed by atoms with Gasteiger partial charge in [0.1, 0.15) is 0 Å². The van der Waals surface area contributed by atoms with Gasteiger partial charge >= 0.3 is 5.97 Å². The van der Waals surface area contributed by atoms with Crippen molar-refractivity contribution < 1.29 is 24.5 Å². The number of hydrogen-bond acceptors (Lipinski definition) is 5. The molecule has 3 N–H and O–H groups in total. The summed E-state index contributed by atoms with van der Waals surface area (Å²) in [6.07, 6.45) is 74.6. The third kappa shape index (κ3) is 55.4. The third-order valence-electron chi connectivity index (χ3n) is 14.4. The molecule has 0 aliphatic rings. The first-order valence-electron chi connectivity index (χ1n) is 31.3. The zero-order valence-electron chi connectivity index (χ0n) is 47.0. The van der Waals surface area contributed by atoms with Crippen molar-refractivity contribution >= 4 is 11.9 Å². The lowest BCUT2D eigenvalue weighted by Crippen LogP contribution is -2.45. The molecule has 0 saturated carbocycles. The standard InChI is InChI=1S/C64H121NO5/c1-3-5-7-9-11-13-15-17-19-21-23-24-25-26-27-28-29-30-32-34-36-40-44-48-52-56-62(67)61(60-66)65-63(68)57-53-49-45-41-38-39-43-47-51-55-59-70-64(69)58-54-50-46-42-37-35-33-31-22-20-18-16-14-12-10-8-6-4-2/h14,16,20,22,52,56,61-62,66-67H,3-13,15,17-19,21,23-51,53-55,57-60H2,1-2H3,(H,65,68)/b16-14-,22-20-,56-52+. The number of nitrogens with one attached hydrogen (secondary N) is 1. The Balaban J connectivity index is 3.49. The van der Waals surface area contributed by atoms with Crippen LogP contribution in [-0.4, -0.2) is 47.4 Å². The predicted octanol–water partition coefficient (Wildman–Crippen LogP) is 19.6. The van der Waals surface area contributed by atoms with Crippen LogP contribution >= 0.6 is 0 Å². The molecule has 0 spiro atoms. The van der Waals surface area contributed by atoms with E-state index in [4.69, 9.17) is 4.74 Å². The monoisotopic (exact) mass is 984 g/mol. The van der Waals surface area contributed by atoms with E-state index in [-0.39, 0.29) is 18.5 Å². The van der Waals surface area contributed by atoms with Crippen molar-refractivity contribution in [3.05, 3.63) is 36.5 Å². The number of aliphatic hydroxyl groups excluding tert-OH is 2. The Morgan fingerprint density at radius 2 is 0.714 bits per heavy atom. The minimum Gasteiger partial charge on any atom is -0.466 e. The number of hydrogen-bond donors (Lipinski definition) is 3. The van der Waals surface area contributed by atoms with Gasteiger partial charge in [-0.15, -0.1) is 0 Å². The number of ether oxygens (including phenoxy) is 1. The van der Waals surface area contributed by atoms with Gasteiger partial charge in [0.15, 0.2) is 0 Å². The van der Waals surface area contributed by atoms with E-state index in [1.807, 2.05) is 6.08 Å². The summed E-state index contributed by atoms with van der Waals surface area (Å²) in [7, 11) is 0. The Labute approximate surface area is 436 Å². The van der Waals surface area contributed by atoms with Crippen molar-refractivity contribution in [3.63, 3.8) is 0 Å². The van der Waals surface area contributed by atoms with Crippen LogP contribution in [0, 0.1) is 0 Å². The molecule has 0 aliphatic heterocycles. The highest BCUT2D eigenvalue weighted by molar-refractivity contribution is 5.76. The van der Waals surface area contributed by atoms with E-state index in [9.17, 15) is 19.8 Å². The van der Waals surface area contributed by atoms with Crippen LogP contribution in [0.25, 0.3) is 0 Å². The maximum absolute atomic E-state index is 12.5. The van der Waals surface area contributed by atoms with Gasteiger partial charge in [0.2, 0.25) is 5.91 Å². The van der Waals surface area contributed by atoms with Gasteiger partial charge in [-0.05, 0) is 64.2 Å². The highest BCUT2D eigenvalue weighted by Gasteiger charge is 2.18. The van der Waals surface area contributed by atoms with Crippen LogP contribution in [0.5, 0.6) is 0 Å². The van der Waals surface area contributed by atoms with Crippen LogP contribution in [0.3, 0.4) is 0 Å². The number of amides is 1. The van der Waals surface area contributed by atoms with Gasteiger partial charge in [0.25, 0.3) is 0 Å². The van der Waals surface area contributed by atoms with Gasteiger partial charge in [0, 0.05) is 12.8 Å².